The second-order valence-electron chi connectivity index (χ2n) is 3.21. The van der Waals surface area contributed by atoms with E-state index in [9.17, 15) is 0 Å². The summed E-state index contributed by atoms with van der Waals surface area (Å²) in [6.45, 7) is 0. The second kappa shape index (κ2) is 2.77. The zero-order valence-corrected chi connectivity index (χ0v) is 7.51. The van der Waals surface area contributed by atoms with Gasteiger partial charge in [0, 0.05) is 17.0 Å². The molecule has 0 amide bonds. The van der Waals surface area contributed by atoms with Gasteiger partial charge in [-0.05, 0) is 12.1 Å². The number of rotatable bonds is 0. The number of nitrogens with zero attached hydrogens (tertiary/aromatic N) is 2. The van der Waals surface area contributed by atoms with Gasteiger partial charge < -0.3 is 0 Å². The molecule has 0 radical (unpaired) electrons. The third-order valence-electron chi connectivity index (χ3n) is 2.36. The first-order valence-electron chi connectivity index (χ1n) is 4.53. The van der Waals surface area contributed by atoms with Crippen molar-refractivity contribution in [2.75, 3.05) is 0 Å². The van der Waals surface area contributed by atoms with Crippen LogP contribution in [0.4, 0.5) is 0 Å². The van der Waals surface area contributed by atoms with E-state index in [-0.39, 0.29) is 0 Å². The molecule has 66 valence electrons. The Kier molecular flexibility index (Phi) is 1.47. The van der Waals surface area contributed by atoms with Crippen LogP contribution < -0.4 is 0 Å². The summed E-state index contributed by atoms with van der Waals surface area (Å²) in [6, 6.07) is 12.1. The summed E-state index contributed by atoms with van der Waals surface area (Å²) in [6.07, 6.45) is 3.61. The molecule has 2 nitrogen and oxygen atoms in total. The van der Waals surface area contributed by atoms with Gasteiger partial charge in [0.05, 0.1) is 17.2 Å². The number of pyridine rings is 2. The van der Waals surface area contributed by atoms with Crippen LogP contribution in [0.1, 0.15) is 0 Å². The monoisotopic (exact) mass is 180 g/mol. The average molecular weight is 180 g/mol. The highest BCUT2D eigenvalue weighted by atomic mass is 14.7. The van der Waals surface area contributed by atoms with E-state index in [1.165, 1.54) is 0 Å². The lowest BCUT2D eigenvalue weighted by Gasteiger charge is -2.00. The maximum atomic E-state index is 4.35. The first kappa shape index (κ1) is 7.44. The molecule has 0 fully saturated rings. The first-order chi connectivity index (χ1) is 6.95. The molecule has 0 unspecified atom stereocenters. The van der Waals surface area contributed by atoms with Crippen LogP contribution in [-0.4, -0.2) is 9.97 Å². The summed E-state index contributed by atoms with van der Waals surface area (Å²) in [5.74, 6) is 0. The predicted octanol–water partition coefficient (Wildman–Crippen LogP) is 2.78. The van der Waals surface area contributed by atoms with Crippen LogP contribution in [0.15, 0.2) is 48.8 Å². The lowest BCUT2D eigenvalue weighted by molar-refractivity contribution is 1.36. The molecule has 0 spiro atoms. The number of aromatic nitrogens is 2. The van der Waals surface area contributed by atoms with Crippen molar-refractivity contribution in [3.63, 3.8) is 0 Å². The van der Waals surface area contributed by atoms with E-state index in [0.717, 1.165) is 21.8 Å². The SMILES string of the molecule is c1ccc2c(c1)ncc1ncccc12. The van der Waals surface area contributed by atoms with Crippen molar-refractivity contribution in [1.29, 1.82) is 0 Å². The zero-order valence-electron chi connectivity index (χ0n) is 7.51. The van der Waals surface area contributed by atoms with Crippen molar-refractivity contribution in [2.45, 2.75) is 0 Å². The van der Waals surface area contributed by atoms with E-state index in [0.29, 0.717) is 0 Å². The minimum atomic E-state index is 0.950. The molecule has 2 aromatic heterocycles. The van der Waals surface area contributed by atoms with Crippen LogP contribution in [0.3, 0.4) is 0 Å². The van der Waals surface area contributed by atoms with Crippen molar-refractivity contribution in [3.8, 4) is 0 Å². The van der Waals surface area contributed by atoms with Crippen LogP contribution in [-0.2, 0) is 0 Å². The van der Waals surface area contributed by atoms with E-state index >= 15 is 0 Å². The summed E-state index contributed by atoms with van der Waals surface area (Å²) >= 11 is 0. The molecule has 3 aromatic rings. The topological polar surface area (TPSA) is 25.8 Å². The van der Waals surface area contributed by atoms with Crippen molar-refractivity contribution in [2.24, 2.45) is 0 Å². The molecule has 0 aliphatic carbocycles. The summed E-state index contributed by atoms with van der Waals surface area (Å²) < 4.78 is 0. The molecular weight excluding hydrogens is 172 g/mol. The molecule has 2 heterocycles. The highest BCUT2D eigenvalue weighted by molar-refractivity contribution is 6.03. The van der Waals surface area contributed by atoms with Gasteiger partial charge in [0.2, 0.25) is 0 Å². The summed E-state index contributed by atoms with van der Waals surface area (Å²) in [5, 5.41) is 2.33. The Bertz CT molecular complexity index is 547. The maximum absolute atomic E-state index is 4.35. The van der Waals surface area contributed by atoms with Gasteiger partial charge in [0.25, 0.3) is 0 Å². The highest BCUT2D eigenvalue weighted by Crippen LogP contribution is 2.20. The van der Waals surface area contributed by atoms with Gasteiger partial charge in [0.1, 0.15) is 0 Å². The van der Waals surface area contributed by atoms with E-state index in [1.54, 1.807) is 6.20 Å². The fourth-order valence-corrected chi connectivity index (χ4v) is 1.69. The molecule has 0 saturated heterocycles. The van der Waals surface area contributed by atoms with E-state index in [1.807, 2.05) is 30.5 Å². The molecule has 0 saturated carbocycles. The summed E-state index contributed by atoms with van der Waals surface area (Å²) in [5.41, 5.74) is 1.97. The normalized spacial score (nSPS) is 10.9. The van der Waals surface area contributed by atoms with E-state index in [2.05, 4.69) is 22.1 Å². The number of hydrogen-bond donors (Lipinski definition) is 0. The third kappa shape index (κ3) is 0.973. The maximum Gasteiger partial charge on any atom is 0.0891 e. The summed E-state index contributed by atoms with van der Waals surface area (Å²) in [4.78, 5) is 8.62. The quantitative estimate of drug-likeness (QED) is 0.497. The molecule has 0 aliphatic heterocycles. The van der Waals surface area contributed by atoms with Crippen molar-refractivity contribution >= 4 is 21.8 Å². The molecule has 0 aliphatic rings. The van der Waals surface area contributed by atoms with Gasteiger partial charge in [0.15, 0.2) is 0 Å². The Morgan fingerprint density at radius 3 is 2.50 bits per heavy atom. The van der Waals surface area contributed by atoms with Gasteiger partial charge in [-0.15, -0.1) is 0 Å². The fraction of sp³-hybridized carbons (Fsp3) is 0. The van der Waals surface area contributed by atoms with Crippen LogP contribution >= 0.6 is 0 Å². The third-order valence-corrected chi connectivity index (χ3v) is 2.36. The minimum absolute atomic E-state index is 0.950. The van der Waals surface area contributed by atoms with E-state index < -0.39 is 0 Å². The van der Waals surface area contributed by atoms with E-state index in [4.69, 9.17) is 0 Å². The van der Waals surface area contributed by atoms with Gasteiger partial charge in [-0.3, -0.25) is 9.97 Å². The summed E-state index contributed by atoms with van der Waals surface area (Å²) in [7, 11) is 0. The van der Waals surface area contributed by atoms with Gasteiger partial charge in [-0.2, -0.15) is 0 Å². The molecule has 0 N–H and O–H groups in total. The van der Waals surface area contributed by atoms with Gasteiger partial charge in [-0.1, -0.05) is 24.3 Å². The second-order valence-corrected chi connectivity index (χ2v) is 3.21. The molecule has 14 heavy (non-hydrogen) atoms. The molecule has 3 rings (SSSR count). The fourth-order valence-electron chi connectivity index (χ4n) is 1.69. The number of fused-ring (bicyclic) bond motifs is 3. The smallest absolute Gasteiger partial charge is 0.0891 e. The van der Waals surface area contributed by atoms with Crippen LogP contribution in [0.5, 0.6) is 0 Å². The predicted molar refractivity (Wildman–Crippen MR) is 57.0 cm³/mol. The molecule has 0 bridgehead atoms. The minimum Gasteiger partial charge on any atom is -0.255 e. The Labute approximate surface area is 81.2 Å². The van der Waals surface area contributed by atoms with Crippen molar-refractivity contribution in [3.05, 3.63) is 48.8 Å². The van der Waals surface area contributed by atoms with Crippen LogP contribution in [0.25, 0.3) is 21.8 Å². The zero-order chi connectivity index (χ0) is 9.38. The lowest BCUT2D eigenvalue weighted by atomic mass is 10.1. The molecule has 2 heteroatoms. The Hall–Kier alpha value is -1.96. The number of para-hydroxylation sites is 1. The Morgan fingerprint density at radius 2 is 1.50 bits per heavy atom. The van der Waals surface area contributed by atoms with Gasteiger partial charge >= 0.3 is 0 Å². The van der Waals surface area contributed by atoms with Crippen LogP contribution in [0, 0.1) is 0 Å². The molecular formula is C12H8N2. The largest absolute Gasteiger partial charge is 0.255 e. The van der Waals surface area contributed by atoms with Crippen LogP contribution in [0.2, 0.25) is 0 Å². The highest BCUT2D eigenvalue weighted by Gasteiger charge is 1.99. The number of hydrogen-bond acceptors (Lipinski definition) is 2. The lowest BCUT2D eigenvalue weighted by Crippen LogP contribution is -1.83. The van der Waals surface area contributed by atoms with Gasteiger partial charge in [-0.25, -0.2) is 0 Å². The van der Waals surface area contributed by atoms with Crippen molar-refractivity contribution < 1.29 is 0 Å². The molecule has 1 aromatic carbocycles. The number of benzene rings is 1. The average Bonchev–Trinajstić information content (AvgIpc) is 2.29. The Balaban J connectivity index is 2.61. The Morgan fingerprint density at radius 1 is 0.714 bits per heavy atom. The first-order valence-corrected chi connectivity index (χ1v) is 4.53. The standard InChI is InChI=1S/C12H8N2/c1-2-6-11-9(4-1)10-5-3-7-13-12(10)8-14-11/h1-8H. The molecule has 0 atom stereocenters. The van der Waals surface area contributed by atoms with Crippen molar-refractivity contribution in [1.82, 2.24) is 9.97 Å².